The quantitative estimate of drug-likeness (QED) is 0.685. The standard InChI is InChI=1S/C7H5F2O2P/c8-6-2-1-3-7(9)5(6)4-11-12-10/h1-3H,4H2. The summed E-state index contributed by atoms with van der Waals surface area (Å²) in [5.74, 6) is -1.39. The smallest absolute Gasteiger partial charge is 0.289 e. The predicted molar refractivity (Wildman–Crippen MR) is 38.8 cm³/mol. The topological polar surface area (TPSA) is 26.3 Å². The molecule has 0 heterocycles. The third kappa shape index (κ3) is 2.06. The fraction of sp³-hybridized carbons (Fsp3) is 0.143. The first-order valence-corrected chi connectivity index (χ1v) is 3.86. The average Bonchev–Trinajstić information content (AvgIpc) is 2.04. The van der Waals surface area contributed by atoms with Gasteiger partial charge in [0.15, 0.2) is 0 Å². The molecule has 0 saturated heterocycles. The van der Waals surface area contributed by atoms with Crippen LogP contribution in [0.5, 0.6) is 0 Å². The van der Waals surface area contributed by atoms with E-state index >= 15 is 0 Å². The Labute approximate surface area is 69.4 Å². The molecule has 1 rings (SSSR count). The van der Waals surface area contributed by atoms with Gasteiger partial charge < -0.3 is 0 Å². The highest BCUT2D eigenvalue weighted by molar-refractivity contribution is 7.17. The van der Waals surface area contributed by atoms with Crippen LogP contribution < -0.4 is 0 Å². The van der Waals surface area contributed by atoms with Crippen LogP contribution in [0.25, 0.3) is 0 Å². The van der Waals surface area contributed by atoms with E-state index in [-0.39, 0.29) is 12.2 Å². The molecule has 1 aromatic carbocycles. The van der Waals surface area contributed by atoms with Crippen LogP contribution >= 0.6 is 8.69 Å². The maximum Gasteiger partial charge on any atom is 0.327 e. The minimum absolute atomic E-state index is 0.208. The van der Waals surface area contributed by atoms with Crippen LogP contribution in [0.2, 0.25) is 0 Å². The van der Waals surface area contributed by atoms with Gasteiger partial charge in [0, 0.05) is 0 Å². The Morgan fingerprint density at radius 3 is 2.42 bits per heavy atom. The zero-order valence-electron chi connectivity index (χ0n) is 5.96. The van der Waals surface area contributed by atoms with E-state index in [2.05, 4.69) is 4.52 Å². The molecule has 64 valence electrons. The molecular weight excluding hydrogens is 185 g/mol. The van der Waals surface area contributed by atoms with Gasteiger partial charge in [-0.25, -0.2) is 13.3 Å². The van der Waals surface area contributed by atoms with Crippen LogP contribution in [-0.4, -0.2) is 0 Å². The lowest BCUT2D eigenvalue weighted by Crippen LogP contribution is -1.94. The number of benzene rings is 1. The van der Waals surface area contributed by atoms with Gasteiger partial charge in [-0.2, -0.15) is 0 Å². The van der Waals surface area contributed by atoms with Gasteiger partial charge >= 0.3 is 8.69 Å². The van der Waals surface area contributed by atoms with Gasteiger partial charge in [0.25, 0.3) is 0 Å². The number of rotatable bonds is 3. The van der Waals surface area contributed by atoms with Crippen LogP contribution in [0.15, 0.2) is 18.2 Å². The van der Waals surface area contributed by atoms with Gasteiger partial charge in [-0.1, -0.05) is 6.07 Å². The van der Waals surface area contributed by atoms with Crippen molar-refractivity contribution in [2.75, 3.05) is 0 Å². The second-order valence-corrected chi connectivity index (χ2v) is 2.46. The van der Waals surface area contributed by atoms with Crippen LogP contribution in [-0.2, 0) is 15.7 Å². The van der Waals surface area contributed by atoms with Crippen LogP contribution in [0.1, 0.15) is 5.56 Å². The van der Waals surface area contributed by atoms with Crippen LogP contribution in [0, 0.1) is 11.6 Å². The SMILES string of the molecule is O=POCc1c(F)cccc1F. The molecule has 0 fully saturated rings. The summed E-state index contributed by atoms with van der Waals surface area (Å²) in [5, 5.41) is 0. The van der Waals surface area contributed by atoms with Crippen molar-refractivity contribution in [1.29, 1.82) is 0 Å². The van der Waals surface area contributed by atoms with Gasteiger partial charge in [-0.05, 0) is 12.1 Å². The minimum atomic E-state index is -0.696. The van der Waals surface area contributed by atoms with Gasteiger partial charge in [0.1, 0.15) is 11.6 Å². The summed E-state index contributed by atoms with van der Waals surface area (Å²) >= 11 is 0. The summed E-state index contributed by atoms with van der Waals surface area (Å²) in [7, 11) is -0.588. The summed E-state index contributed by atoms with van der Waals surface area (Å²) in [6, 6.07) is 3.48. The predicted octanol–water partition coefficient (Wildman–Crippen LogP) is 2.69. The van der Waals surface area contributed by atoms with E-state index in [1.807, 2.05) is 0 Å². The first-order chi connectivity index (χ1) is 5.75. The van der Waals surface area contributed by atoms with E-state index in [0.29, 0.717) is 0 Å². The molecule has 0 aromatic heterocycles. The Balaban J connectivity index is 2.88. The molecule has 0 radical (unpaired) electrons. The van der Waals surface area contributed by atoms with Crippen molar-refractivity contribution in [1.82, 2.24) is 0 Å². The van der Waals surface area contributed by atoms with Gasteiger partial charge in [0.05, 0.1) is 12.2 Å². The molecule has 0 atom stereocenters. The Bertz CT molecular complexity index is 270. The Morgan fingerprint density at radius 2 is 1.92 bits per heavy atom. The highest BCUT2D eigenvalue weighted by atomic mass is 31.1. The summed E-state index contributed by atoms with van der Waals surface area (Å²) in [6.07, 6.45) is 0. The second-order valence-electron chi connectivity index (χ2n) is 2.05. The molecule has 0 spiro atoms. The van der Waals surface area contributed by atoms with Crippen molar-refractivity contribution in [3.63, 3.8) is 0 Å². The van der Waals surface area contributed by atoms with E-state index in [1.54, 1.807) is 0 Å². The molecule has 0 aliphatic rings. The average molecular weight is 190 g/mol. The van der Waals surface area contributed by atoms with Crippen LogP contribution in [0.4, 0.5) is 8.78 Å². The lowest BCUT2D eigenvalue weighted by atomic mass is 10.2. The monoisotopic (exact) mass is 190 g/mol. The minimum Gasteiger partial charge on any atom is -0.289 e. The molecule has 0 aliphatic carbocycles. The van der Waals surface area contributed by atoms with Gasteiger partial charge in [-0.15, -0.1) is 0 Å². The zero-order valence-corrected chi connectivity index (χ0v) is 6.85. The molecule has 0 saturated carbocycles. The van der Waals surface area contributed by atoms with Crippen molar-refractivity contribution in [3.05, 3.63) is 35.4 Å². The summed E-state index contributed by atoms with van der Waals surface area (Å²) in [5.41, 5.74) is -0.208. The van der Waals surface area contributed by atoms with E-state index in [0.717, 1.165) is 12.1 Å². The summed E-state index contributed by atoms with van der Waals surface area (Å²) < 4.78 is 39.6. The van der Waals surface area contributed by atoms with Crippen molar-refractivity contribution in [3.8, 4) is 0 Å². The Hall–Kier alpha value is -0.860. The van der Waals surface area contributed by atoms with Gasteiger partial charge in [0.2, 0.25) is 0 Å². The molecule has 0 N–H and O–H groups in total. The first kappa shape index (κ1) is 9.23. The second kappa shape index (κ2) is 4.24. The van der Waals surface area contributed by atoms with Crippen LogP contribution in [0.3, 0.4) is 0 Å². The molecule has 12 heavy (non-hydrogen) atoms. The third-order valence-corrected chi connectivity index (χ3v) is 1.56. The zero-order chi connectivity index (χ0) is 8.97. The molecule has 2 nitrogen and oxygen atoms in total. The van der Waals surface area contributed by atoms with Crippen molar-refractivity contribution in [2.24, 2.45) is 0 Å². The fourth-order valence-electron chi connectivity index (χ4n) is 0.761. The number of halogens is 2. The summed E-state index contributed by atoms with van der Waals surface area (Å²) in [6.45, 7) is -0.330. The fourth-order valence-corrected chi connectivity index (χ4v) is 0.943. The molecule has 0 unspecified atom stereocenters. The summed E-state index contributed by atoms with van der Waals surface area (Å²) in [4.78, 5) is 0. The van der Waals surface area contributed by atoms with Crippen molar-refractivity contribution < 1.29 is 17.9 Å². The normalized spacial score (nSPS) is 10.5. The maximum absolute atomic E-state index is 12.7. The first-order valence-electron chi connectivity index (χ1n) is 3.13. The molecular formula is C7H5F2O2P. The third-order valence-electron chi connectivity index (χ3n) is 1.32. The Kier molecular flexibility index (Phi) is 3.26. The number of hydrogen-bond acceptors (Lipinski definition) is 2. The highest BCUT2D eigenvalue weighted by Gasteiger charge is 2.07. The van der Waals surface area contributed by atoms with Gasteiger partial charge in [-0.3, -0.25) is 4.52 Å². The van der Waals surface area contributed by atoms with E-state index in [4.69, 9.17) is 0 Å². The van der Waals surface area contributed by atoms with E-state index < -0.39 is 20.3 Å². The lowest BCUT2D eigenvalue weighted by molar-refractivity contribution is 0.317. The molecule has 5 heteroatoms. The molecule has 0 aliphatic heterocycles. The van der Waals surface area contributed by atoms with E-state index in [9.17, 15) is 13.3 Å². The number of hydrogen-bond donors (Lipinski definition) is 0. The maximum atomic E-state index is 12.7. The van der Waals surface area contributed by atoms with Crippen molar-refractivity contribution >= 4 is 8.69 Å². The largest absolute Gasteiger partial charge is 0.327 e. The Morgan fingerprint density at radius 1 is 1.33 bits per heavy atom. The highest BCUT2D eigenvalue weighted by Crippen LogP contribution is 2.14. The van der Waals surface area contributed by atoms with E-state index in [1.165, 1.54) is 6.07 Å². The lowest BCUT2D eigenvalue weighted by Gasteiger charge is -2.00. The van der Waals surface area contributed by atoms with Crippen molar-refractivity contribution in [2.45, 2.75) is 6.61 Å². The molecule has 0 amide bonds. The molecule has 1 aromatic rings. The molecule has 0 bridgehead atoms.